The van der Waals surface area contributed by atoms with E-state index in [1.165, 1.54) is 12.1 Å². The molecule has 6 nitrogen and oxygen atoms in total. The molecule has 9 heteroatoms. The van der Waals surface area contributed by atoms with Crippen LogP contribution < -0.4 is 0 Å². The van der Waals surface area contributed by atoms with E-state index in [1.54, 1.807) is 11.1 Å². The zero-order chi connectivity index (χ0) is 19.9. The van der Waals surface area contributed by atoms with Crippen LogP contribution in [0.5, 0.6) is 0 Å². The lowest BCUT2D eigenvalue weighted by atomic mass is 10.1. The molecule has 0 fully saturated rings. The maximum atomic E-state index is 12.8. The van der Waals surface area contributed by atoms with Crippen LogP contribution in [0.4, 0.5) is 13.2 Å². The first-order valence-electron chi connectivity index (χ1n) is 8.66. The Bertz CT molecular complexity index is 999. The van der Waals surface area contributed by atoms with Crippen molar-refractivity contribution in [3.63, 3.8) is 0 Å². The minimum atomic E-state index is -4.43. The van der Waals surface area contributed by atoms with Crippen molar-refractivity contribution in [2.75, 3.05) is 6.54 Å². The van der Waals surface area contributed by atoms with Gasteiger partial charge in [0.2, 0.25) is 0 Å². The highest BCUT2D eigenvalue weighted by Gasteiger charge is 2.32. The van der Waals surface area contributed by atoms with Gasteiger partial charge >= 0.3 is 6.18 Å². The van der Waals surface area contributed by atoms with E-state index < -0.39 is 11.7 Å². The summed E-state index contributed by atoms with van der Waals surface area (Å²) in [6, 6.07) is 9.65. The lowest BCUT2D eigenvalue weighted by Gasteiger charge is -2.32. The van der Waals surface area contributed by atoms with Crippen LogP contribution in [0.1, 0.15) is 34.7 Å². The van der Waals surface area contributed by atoms with Gasteiger partial charge < -0.3 is 9.47 Å². The summed E-state index contributed by atoms with van der Waals surface area (Å²) < 4.78 is 40.1. The molecule has 1 aromatic carbocycles. The topological polar surface area (TPSA) is 63.9 Å². The highest BCUT2D eigenvalue weighted by Crippen LogP contribution is 2.30. The second-order valence-corrected chi connectivity index (χ2v) is 6.63. The third-order valence-corrected chi connectivity index (χ3v) is 4.66. The molecule has 144 valence electrons. The molecule has 2 aromatic heterocycles. The molecule has 0 N–H and O–H groups in total. The number of pyridine rings is 1. The summed E-state index contributed by atoms with van der Waals surface area (Å²) in [6.45, 7) is 2.56. The fourth-order valence-corrected chi connectivity index (χ4v) is 3.34. The maximum absolute atomic E-state index is 12.8. The van der Waals surface area contributed by atoms with Gasteiger partial charge in [-0.1, -0.05) is 6.07 Å². The zero-order valence-electron chi connectivity index (χ0n) is 14.9. The second-order valence-electron chi connectivity index (χ2n) is 6.63. The summed E-state index contributed by atoms with van der Waals surface area (Å²) >= 11 is 0. The van der Waals surface area contributed by atoms with Crippen molar-refractivity contribution in [2.24, 2.45) is 0 Å². The Morgan fingerprint density at radius 1 is 1.11 bits per heavy atom. The number of halogens is 3. The Hall–Kier alpha value is -3.23. The molecule has 3 aromatic rings. The molecule has 1 aliphatic rings. The lowest BCUT2D eigenvalue weighted by molar-refractivity contribution is -0.137. The number of carbonyl (C=O) groups is 1. The summed E-state index contributed by atoms with van der Waals surface area (Å²) in [5, 5.41) is 8.40. The minimum absolute atomic E-state index is 0.103. The smallest absolute Gasteiger partial charge is 0.329 e. The van der Waals surface area contributed by atoms with Gasteiger partial charge in [-0.05, 0) is 43.3 Å². The Kier molecular flexibility index (Phi) is 4.37. The third kappa shape index (κ3) is 3.23. The van der Waals surface area contributed by atoms with E-state index in [9.17, 15) is 18.0 Å². The summed E-state index contributed by atoms with van der Waals surface area (Å²) in [6.07, 6.45) is -2.76. The van der Waals surface area contributed by atoms with Gasteiger partial charge in [-0.15, -0.1) is 10.2 Å². The van der Waals surface area contributed by atoms with Crippen molar-refractivity contribution in [3.8, 4) is 11.5 Å². The third-order valence-electron chi connectivity index (χ3n) is 4.66. The van der Waals surface area contributed by atoms with Crippen molar-refractivity contribution in [1.82, 2.24) is 24.6 Å². The van der Waals surface area contributed by atoms with Crippen LogP contribution in [0.2, 0.25) is 0 Å². The molecule has 0 saturated carbocycles. The molecule has 0 aliphatic carbocycles. The summed E-state index contributed by atoms with van der Waals surface area (Å²) in [5.74, 6) is 0.901. The second kappa shape index (κ2) is 6.74. The predicted molar refractivity (Wildman–Crippen MR) is 94.1 cm³/mol. The first-order chi connectivity index (χ1) is 13.3. The van der Waals surface area contributed by atoms with Gasteiger partial charge in [0.05, 0.1) is 18.2 Å². The molecule has 3 heterocycles. The van der Waals surface area contributed by atoms with Crippen LogP contribution in [0.25, 0.3) is 11.5 Å². The van der Waals surface area contributed by atoms with Crippen LogP contribution in [-0.4, -0.2) is 37.1 Å². The van der Waals surface area contributed by atoms with Gasteiger partial charge in [0.1, 0.15) is 5.69 Å². The molecular weight excluding hydrogens is 371 g/mol. The van der Waals surface area contributed by atoms with E-state index in [4.69, 9.17) is 0 Å². The number of benzene rings is 1. The molecule has 0 bridgehead atoms. The molecule has 0 spiro atoms. The van der Waals surface area contributed by atoms with Gasteiger partial charge in [0.15, 0.2) is 11.6 Å². The van der Waals surface area contributed by atoms with Gasteiger partial charge in [0, 0.05) is 18.3 Å². The van der Waals surface area contributed by atoms with Crippen LogP contribution in [0.3, 0.4) is 0 Å². The molecule has 28 heavy (non-hydrogen) atoms. The van der Waals surface area contributed by atoms with E-state index in [0.717, 1.165) is 12.1 Å². The maximum Gasteiger partial charge on any atom is 0.416 e. The normalized spacial score (nSPS) is 16.7. The van der Waals surface area contributed by atoms with Crippen molar-refractivity contribution in [1.29, 1.82) is 0 Å². The standard InChI is InChI=1S/C19H16F3N5O/c1-12-10-26(18(28)13-5-7-14(8-6-13)19(20,21)22)11-16-24-25-17(27(12)16)15-4-2-3-9-23-15/h2-9,12H,10-11H2,1H3/t12-/m0/s1. The van der Waals surface area contributed by atoms with E-state index in [0.29, 0.717) is 23.9 Å². The molecule has 0 unspecified atom stereocenters. The molecule has 1 aliphatic heterocycles. The van der Waals surface area contributed by atoms with Crippen molar-refractivity contribution in [2.45, 2.75) is 25.7 Å². The molecule has 1 amide bonds. The van der Waals surface area contributed by atoms with Crippen LogP contribution in [0.15, 0.2) is 48.7 Å². The number of amides is 1. The average Bonchev–Trinajstić information content (AvgIpc) is 3.12. The Labute approximate surface area is 158 Å². The fraction of sp³-hybridized carbons (Fsp3) is 0.263. The van der Waals surface area contributed by atoms with Gasteiger partial charge in [-0.3, -0.25) is 9.78 Å². The molecular formula is C19H16F3N5O. The van der Waals surface area contributed by atoms with E-state index in [2.05, 4.69) is 15.2 Å². The van der Waals surface area contributed by atoms with Crippen molar-refractivity contribution < 1.29 is 18.0 Å². The Morgan fingerprint density at radius 2 is 1.86 bits per heavy atom. The highest BCUT2D eigenvalue weighted by molar-refractivity contribution is 5.94. The Morgan fingerprint density at radius 3 is 2.50 bits per heavy atom. The van der Waals surface area contributed by atoms with E-state index in [-0.39, 0.29) is 24.1 Å². The van der Waals surface area contributed by atoms with Gasteiger partial charge in [-0.25, -0.2) is 0 Å². The average molecular weight is 387 g/mol. The van der Waals surface area contributed by atoms with Crippen LogP contribution in [-0.2, 0) is 12.7 Å². The number of fused-ring (bicyclic) bond motifs is 1. The van der Waals surface area contributed by atoms with E-state index in [1.807, 2.05) is 29.7 Å². The Balaban J connectivity index is 1.58. The van der Waals surface area contributed by atoms with Crippen molar-refractivity contribution >= 4 is 5.91 Å². The number of alkyl halides is 3. The van der Waals surface area contributed by atoms with Crippen molar-refractivity contribution in [3.05, 3.63) is 65.6 Å². The SMILES string of the molecule is C[C@H]1CN(C(=O)c2ccc(C(F)(F)F)cc2)Cc2nnc(-c3ccccn3)n21. The molecule has 0 saturated heterocycles. The molecule has 4 rings (SSSR count). The number of hydrogen-bond donors (Lipinski definition) is 0. The lowest BCUT2D eigenvalue weighted by Crippen LogP contribution is -2.40. The number of hydrogen-bond acceptors (Lipinski definition) is 4. The monoisotopic (exact) mass is 387 g/mol. The molecule has 0 radical (unpaired) electrons. The fourth-order valence-electron chi connectivity index (χ4n) is 3.34. The minimum Gasteiger partial charge on any atom is -0.329 e. The number of rotatable bonds is 2. The number of aromatic nitrogens is 4. The van der Waals surface area contributed by atoms with E-state index >= 15 is 0 Å². The predicted octanol–water partition coefficient (Wildman–Crippen LogP) is 3.58. The summed E-state index contributed by atoms with van der Waals surface area (Å²) in [4.78, 5) is 18.6. The first kappa shape index (κ1) is 18.1. The summed E-state index contributed by atoms with van der Waals surface area (Å²) in [5.41, 5.74) is 0.115. The van der Waals surface area contributed by atoms with Crippen LogP contribution >= 0.6 is 0 Å². The number of carbonyl (C=O) groups excluding carboxylic acids is 1. The quantitative estimate of drug-likeness (QED) is 0.674. The largest absolute Gasteiger partial charge is 0.416 e. The first-order valence-corrected chi connectivity index (χ1v) is 8.66. The zero-order valence-corrected chi connectivity index (χ0v) is 14.9. The molecule has 1 atom stereocenters. The number of nitrogens with zero attached hydrogens (tertiary/aromatic N) is 5. The summed E-state index contributed by atoms with van der Waals surface area (Å²) in [7, 11) is 0. The van der Waals surface area contributed by atoms with Gasteiger partial charge in [-0.2, -0.15) is 13.2 Å². The van der Waals surface area contributed by atoms with Gasteiger partial charge in [0.25, 0.3) is 5.91 Å². The van der Waals surface area contributed by atoms with Crippen LogP contribution in [0, 0.1) is 0 Å². The highest BCUT2D eigenvalue weighted by atomic mass is 19.4.